The second-order valence-electron chi connectivity index (χ2n) is 5.02. The van der Waals surface area contributed by atoms with Gasteiger partial charge in [0.2, 0.25) is 0 Å². The Labute approximate surface area is 98.0 Å². The maximum atomic E-state index is 6.30. The second-order valence-corrected chi connectivity index (χ2v) is 5.02. The Hall–Kier alpha value is -0.830. The molecule has 0 amide bonds. The van der Waals surface area contributed by atoms with Gasteiger partial charge >= 0.3 is 0 Å². The maximum absolute atomic E-state index is 6.30. The van der Waals surface area contributed by atoms with Crippen LogP contribution in [0, 0.1) is 12.8 Å². The summed E-state index contributed by atoms with van der Waals surface area (Å²) in [6.45, 7) is 5.08. The molecule has 0 aliphatic heterocycles. The van der Waals surface area contributed by atoms with E-state index in [1.54, 1.807) is 0 Å². The first-order valence-electron chi connectivity index (χ1n) is 6.50. The topological polar surface area (TPSA) is 43.8 Å². The average Bonchev–Trinajstić information content (AvgIpc) is 2.86. The predicted octanol–water partition coefficient (Wildman–Crippen LogP) is 2.79. The summed E-state index contributed by atoms with van der Waals surface area (Å²) < 4.78 is 2.05. The van der Waals surface area contributed by atoms with Crippen LogP contribution in [0.15, 0.2) is 6.07 Å². The third-order valence-electron chi connectivity index (χ3n) is 3.67. The highest BCUT2D eigenvalue weighted by atomic mass is 15.3. The molecule has 1 aromatic heterocycles. The van der Waals surface area contributed by atoms with Gasteiger partial charge in [0.05, 0.1) is 11.4 Å². The molecule has 1 aromatic rings. The van der Waals surface area contributed by atoms with Gasteiger partial charge in [0.15, 0.2) is 0 Å². The van der Waals surface area contributed by atoms with E-state index in [0.29, 0.717) is 0 Å². The first-order valence-corrected chi connectivity index (χ1v) is 6.50. The zero-order valence-corrected chi connectivity index (χ0v) is 10.4. The smallest absolute Gasteiger partial charge is 0.0597 e. The molecule has 90 valence electrons. The lowest BCUT2D eigenvalue weighted by Crippen LogP contribution is -2.18. The van der Waals surface area contributed by atoms with Crippen LogP contribution in [-0.2, 0) is 6.54 Å². The minimum absolute atomic E-state index is 0.171. The molecular weight excluding hydrogens is 198 g/mol. The molecule has 0 aromatic carbocycles. The molecule has 2 rings (SSSR count). The third kappa shape index (κ3) is 2.46. The molecule has 0 radical (unpaired) electrons. The Morgan fingerprint density at radius 3 is 2.81 bits per heavy atom. The standard InChI is InChI=1S/C13H23N3/c1-3-16-13(8-10(2)15-16)12(14)9-11-6-4-5-7-11/h8,11-12H,3-7,9,14H2,1-2H3. The molecule has 1 unspecified atom stereocenters. The summed E-state index contributed by atoms with van der Waals surface area (Å²) in [6.07, 6.45) is 6.65. The number of aromatic nitrogens is 2. The monoisotopic (exact) mass is 221 g/mol. The number of aryl methyl sites for hydroxylation is 2. The van der Waals surface area contributed by atoms with Crippen LogP contribution in [0.25, 0.3) is 0 Å². The number of rotatable bonds is 4. The molecule has 3 nitrogen and oxygen atoms in total. The van der Waals surface area contributed by atoms with Crippen molar-refractivity contribution in [3.8, 4) is 0 Å². The van der Waals surface area contributed by atoms with Crippen LogP contribution in [0.4, 0.5) is 0 Å². The molecule has 0 saturated heterocycles. The maximum Gasteiger partial charge on any atom is 0.0597 e. The van der Waals surface area contributed by atoms with E-state index in [2.05, 4.69) is 22.8 Å². The van der Waals surface area contributed by atoms with E-state index in [9.17, 15) is 0 Å². The van der Waals surface area contributed by atoms with Gasteiger partial charge in [-0.25, -0.2) is 0 Å². The quantitative estimate of drug-likeness (QED) is 0.849. The van der Waals surface area contributed by atoms with Crippen molar-refractivity contribution in [1.29, 1.82) is 0 Å². The Bertz CT molecular complexity index is 337. The van der Waals surface area contributed by atoms with Crippen LogP contribution in [0.5, 0.6) is 0 Å². The normalized spacial score (nSPS) is 19.2. The van der Waals surface area contributed by atoms with Crippen LogP contribution < -0.4 is 5.73 Å². The van der Waals surface area contributed by atoms with Gasteiger partial charge in [-0.3, -0.25) is 4.68 Å². The molecule has 1 aliphatic rings. The Balaban J connectivity index is 2.03. The largest absolute Gasteiger partial charge is 0.323 e. The number of nitrogens with zero attached hydrogens (tertiary/aromatic N) is 2. The Kier molecular flexibility index (Phi) is 3.64. The van der Waals surface area contributed by atoms with Gasteiger partial charge in [-0.1, -0.05) is 25.7 Å². The first-order chi connectivity index (χ1) is 7.70. The van der Waals surface area contributed by atoms with Crippen LogP contribution in [-0.4, -0.2) is 9.78 Å². The van der Waals surface area contributed by atoms with Crippen LogP contribution in [0.3, 0.4) is 0 Å². The number of hydrogen-bond donors (Lipinski definition) is 1. The fraction of sp³-hybridized carbons (Fsp3) is 0.769. The van der Waals surface area contributed by atoms with Gasteiger partial charge in [-0.05, 0) is 32.3 Å². The van der Waals surface area contributed by atoms with Crippen molar-refractivity contribution in [2.45, 2.75) is 58.5 Å². The fourth-order valence-corrected chi connectivity index (χ4v) is 2.84. The summed E-state index contributed by atoms with van der Waals surface area (Å²) in [5.74, 6) is 0.843. The molecule has 0 bridgehead atoms. The van der Waals surface area contributed by atoms with Gasteiger partial charge in [-0.2, -0.15) is 5.10 Å². The van der Waals surface area contributed by atoms with Gasteiger partial charge < -0.3 is 5.73 Å². The summed E-state index contributed by atoms with van der Waals surface area (Å²) in [5, 5.41) is 4.46. The molecular formula is C13H23N3. The van der Waals surface area contributed by atoms with Crippen LogP contribution in [0.2, 0.25) is 0 Å². The lowest BCUT2D eigenvalue weighted by Gasteiger charge is -2.17. The fourth-order valence-electron chi connectivity index (χ4n) is 2.84. The lowest BCUT2D eigenvalue weighted by atomic mass is 9.97. The van der Waals surface area contributed by atoms with Crippen molar-refractivity contribution < 1.29 is 0 Å². The van der Waals surface area contributed by atoms with Crippen molar-refractivity contribution in [3.05, 3.63) is 17.5 Å². The summed E-state index contributed by atoms with van der Waals surface area (Å²) >= 11 is 0. The van der Waals surface area contributed by atoms with Crippen LogP contribution >= 0.6 is 0 Å². The molecule has 16 heavy (non-hydrogen) atoms. The molecule has 1 heterocycles. The number of nitrogens with two attached hydrogens (primary N) is 1. The van der Waals surface area contributed by atoms with Crippen molar-refractivity contribution >= 4 is 0 Å². The first kappa shape index (κ1) is 11.6. The minimum Gasteiger partial charge on any atom is -0.323 e. The molecule has 2 N–H and O–H groups in total. The lowest BCUT2D eigenvalue weighted by molar-refractivity contribution is 0.430. The molecule has 0 spiro atoms. The Morgan fingerprint density at radius 2 is 2.19 bits per heavy atom. The molecule has 1 fully saturated rings. The molecule has 1 saturated carbocycles. The van der Waals surface area contributed by atoms with E-state index in [4.69, 9.17) is 5.73 Å². The zero-order valence-electron chi connectivity index (χ0n) is 10.4. The summed E-state index contributed by atoms with van der Waals surface area (Å²) in [5.41, 5.74) is 8.60. The van der Waals surface area contributed by atoms with Crippen molar-refractivity contribution in [2.24, 2.45) is 11.7 Å². The summed E-state index contributed by atoms with van der Waals surface area (Å²) in [4.78, 5) is 0. The number of hydrogen-bond acceptors (Lipinski definition) is 2. The van der Waals surface area contributed by atoms with Crippen LogP contribution in [0.1, 0.15) is 56.5 Å². The van der Waals surface area contributed by atoms with E-state index in [0.717, 1.165) is 24.6 Å². The predicted molar refractivity (Wildman–Crippen MR) is 66.1 cm³/mol. The molecule has 3 heteroatoms. The van der Waals surface area contributed by atoms with Crippen molar-refractivity contribution in [2.75, 3.05) is 0 Å². The van der Waals surface area contributed by atoms with Crippen molar-refractivity contribution in [3.63, 3.8) is 0 Å². The van der Waals surface area contributed by atoms with E-state index >= 15 is 0 Å². The summed E-state index contributed by atoms with van der Waals surface area (Å²) in [6, 6.07) is 2.31. The van der Waals surface area contributed by atoms with Gasteiger partial charge in [0.25, 0.3) is 0 Å². The second kappa shape index (κ2) is 5.00. The van der Waals surface area contributed by atoms with Gasteiger partial charge in [-0.15, -0.1) is 0 Å². The van der Waals surface area contributed by atoms with Gasteiger partial charge in [0, 0.05) is 12.6 Å². The van der Waals surface area contributed by atoms with E-state index in [1.807, 2.05) is 6.92 Å². The Morgan fingerprint density at radius 1 is 1.50 bits per heavy atom. The average molecular weight is 221 g/mol. The molecule has 1 aliphatic carbocycles. The van der Waals surface area contributed by atoms with Crippen molar-refractivity contribution in [1.82, 2.24) is 9.78 Å². The van der Waals surface area contributed by atoms with E-state index in [1.165, 1.54) is 31.4 Å². The minimum atomic E-state index is 0.171. The summed E-state index contributed by atoms with van der Waals surface area (Å²) in [7, 11) is 0. The highest BCUT2D eigenvalue weighted by molar-refractivity contribution is 5.13. The SMILES string of the molecule is CCn1nc(C)cc1C(N)CC1CCCC1. The van der Waals surface area contributed by atoms with E-state index in [-0.39, 0.29) is 6.04 Å². The highest BCUT2D eigenvalue weighted by Crippen LogP contribution is 2.32. The van der Waals surface area contributed by atoms with Gasteiger partial charge in [0.1, 0.15) is 0 Å². The highest BCUT2D eigenvalue weighted by Gasteiger charge is 2.21. The zero-order chi connectivity index (χ0) is 11.5. The van der Waals surface area contributed by atoms with E-state index < -0.39 is 0 Å². The third-order valence-corrected chi connectivity index (χ3v) is 3.67. The molecule has 1 atom stereocenters.